The molecule has 0 aliphatic rings. The number of nitrogens with one attached hydrogen (secondary N) is 1. The van der Waals surface area contributed by atoms with E-state index in [1.807, 2.05) is 24.3 Å². The van der Waals surface area contributed by atoms with Gasteiger partial charge in [0.1, 0.15) is 24.5 Å². The first-order chi connectivity index (χ1) is 10.2. The first-order valence-corrected chi connectivity index (χ1v) is 7.53. The molecule has 3 aromatic rings. The Labute approximate surface area is 126 Å². The molecule has 0 radical (unpaired) electrons. The van der Waals surface area contributed by atoms with Gasteiger partial charge in [-0.15, -0.1) is 11.3 Å². The van der Waals surface area contributed by atoms with Crippen LogP contribution in [-0.4, -0.2) is 23.1 Å². The van der Waals surface area contributed by atoms with Crippen molar-refractivity contribution in [1.82, 2.24) is 9.97 Å². The largest absolute Gasteiger partial charge is 0.492 e. The van der Waals surface area contributed by atoms with Gasteiger partial charge in [0.25, 0.3) is 0 Å². The molecule has 3 N–H and O–H groups in total. The highest BCUT2D eigenvalue weighted by molar-refractivity contribution is 7.18. The first-order valence-electron chi connectivity index (χ1n) is 6.65. The number of hydrogen-bond acceptors (Lipinski definition) is 6. The van der Waals surface area contributed by atoms with Gasteiger partial charge >= 0.3 is 0 Å². The maximum Gasteiger partial charge on any atom is 0.147 e. The topological polar surface area (TPSA) is 73.1 Å². The maximum atomic E-state index is 5.71. The maximum absolute atomic E-state index is 5.71. The summed E-state index contributed by atoms with van der Waals surface area (Å²) in [6.45, 7) is 3.26. The van der Waals surface area contributed by atoms with Gasteiger partial charge in [0.2, 0.25) is 0 Å². The molecule has 0 unspecified atom stereocenters. The van der Waals surface area contributed by atoms with Gasteiger partial charge in [0, 0.05) is 11.8 Å². The molecular formula is C15H16N4OS. The van der Waals surface area contributed by atoms with E-state index in [9.17, 15) is 0 Å². The summed E-state index contributed by atoms with van der Waals surface area (Å²) < 4.78 is 6.73. The van der Waals surface area contributed by atoms with Gasteiger partial charge in [-0.3, -0.25) is 0 Å². The van der Waals surface area contributed by atoms with Crippen LogP contribution in [0.4, 0.5) is 11.5 Å². The van der Waals surface area contributed by atoms with Gasteiger partial charge in [0.15, 0.2) is 0 Å². The molecule has 5 nitrogen and oxygen atoms in total. The summed E-state index contributed by atoms with van der Waals surface area (Å²) in [4.78, 5) is 8.59. The summed E-state index contributed by atoms with van der Waals surface area (Å²) in [5, 5.41) is 5.38. The minimum absolute atomic E-state index is 0.541. The fourth-order valence-electron chi connectivity index (χ4n) is 2.04. The second-order valence-corrected chi connectivity index (χ2v) is 5.55. The molecule has 0 atom stereocenters. The molecule has 1 aromatic carbocycles. The molecule has 108 valence electrons. The van der Waals surface area contributed by atoms with Crippen molar-refractivity contribution in [1.29, 1.82) is 0 Å². The van der Waals surface area contributed by atoms with Gasteiger partial charge in [-0.1, -0.05) is 6.07 Å². The Morgan fingerprint density at radius 3 is 3.10 bits per heavy atom. The van der Waals surface area contributed by atoms with Crippen molar-refractivity contribution in [3.05, 3.63) is 41.5 Å². The highest BCUT2D eigenvalue weighted by Crippen LogP contribution is 2.28. The molecule has 0 fully saturated rings. The average molecular weight is 300 g/mol. The summed E-state index contributed by atoms with van der Waals surface area (Å²) in [5.74, 6) is 1.63. The Balaban J connectivity index is 1.60. The summed E-state index contributed by atoms with van der Waals surface area (Å²) in [6, 6.07) is 7.41. The molecule has 0 aliphatic heterocycles. The fraction of sp³-hybridized carbons (Fsp3) is 0.200. The zero-order valence-corrected chi connectivity index (χ0v) is 12.5. The highest BCUT2D eigenvalue weighted by atomic mass is 32.1. The van der Waals surface area contributed by atoms with Crippen LogP contribution >= 0.6 is 11.3 Å². The van der Waals surface area contributed by atoms with Crippen molar-refractivity contribution >= 4 is 33.1 Å². The van der Waals surface area contributed by atoms with E-state index in [1.165, 1.54) is 5.56 Å². The predicted octanol–water partition coefficient (Wildman–Crippen LogP) is 3.07. The van der Waals surface area contributed by atoms with Crippen LogP contribution in [0.25, 0.3) is 10.2 Å². The number of nitrogen functional groups attached to an aromatic ring is 1. The third-order valence-corrected chi connectivity index (χ3v) is 4.15. The lowest BCUT2D eigenvalue weighted by Crippen LogP contribution is -2.12. The second-order valence-electron chi connectivity index (χ2n) is 4.67. The number of nitrogens with zero attached hydrogens (tertiary/aromatic N) is 2. The Morgan fingerprint density at radius 1 is 1.33 bits per heavy atom. The number of anilines is 2. The number of aromatic nitrogens is 2. The van der Waals surface area contributed by atoms with E-state index in [0.29, 0.717) is 18.8 Å². The Kier molecular flexibility index (Phi) is 3.87. The summed E-state index contributed by atoms with van der Waals surface area (Å²) in [6.07, 6.45) is 1.59. The van der Waals surface area contributed by atoms with E-state index in [0.717, 1.165) is 21.8 Å². The second kappa shape index (κ2) is 5.97. The van der Waals surface area contributed by atoms with Crippen molar-refractivity contribution in [3.8, 4) is 5.75 Å². The van der Waals surface area contributed by atoms with E-state index in [4.69, 9.17) is 10.5 Å². The van der Waals surface area contributed by atoms with Crippen molar-refractivity contribution in [2.24, 2.45) is 0 Å². The van der Waals surface area contributed by atoms with E-state index in [-0.39, 0.29) is 0 Å². The van der Waals surface area contributed by atoms with Crippen LogP contribution in [0.15, 0.2) is 36.0 Å². The molecule has 21 heavy (non-hydrogen) atoms. The molecule has 0 bridgehead atoms. The average Bonchev–Trinajstić information content (AvgIpc) is 2.86. The smallest absolute Gasteiger partial charge is 0.147 e. The summed E-state index contributed by atoms with van der Waals surface area (Å²) in [7, 11) is 0. The number of ether oxygens (including phenoxy) is 1. The van der Waals surface area contributed by atoms with Gasteiger partial charge in [-0.2, -0.15) is 0 Å². The van der Waals surface area contributed by atoms with Crippen LogP contribution in [0, 0.1) is 6.92 Å². The Bertz CT molecular complexity index is 756. The van der Waals surface area contributed by atoms with Crippen LogP contribution in [0.5, 0.6) is 5.75 Å². The van der Waals surface area contributed by atoms with Crippen LogP contribution in [0.1, 0.15) is 5.56 Å². The highest BCUT2D eigenvalue weighted by Gasteiger charge is 2.07. The van der Waals surface area contributed by atoms with Gasteiger partial charge in [-0.05, 0) is 30.0 Å². The quantitative estimate of drug-likeness (QED) is 0.559. The number of benzene rings is 1. The monoisotopic (exact) mass is 300 g/mol. The molecule has 0 saturated carbocycles. The lowest BCUT2D eigenvalue weighted by Gasteiger charge is -2.09. The lowest BCUT2D eigenvalue weighted by atomic mass is 10.3. The Hall–Kier alpha value is -2.34. The lowest BCUT2D eigenvalue weighted by molar-refractivity contribution is 0.333. The number of rotatable bonds is 5. The van der Waals surface area contributed by atoms with Crippen LogP contribution in [0.3, 0.4) is 0 Å². The normalized spacial score (nSPS) is 10.7. The molecule has 0 spiro atoms. The van der Waals surface area contributed by atoms with Crippen molar-refractivity contribution in [3.63, 3.8) is 0 Å². The number of thiophene rings is 1. The summed E-state index contributed by atoms with van der Waals surface area (Å²) in [5.41, 5.74) is 8.59. The third kappa shape index (κ3) is 3.05. The minimum Gasteiger partial charge on any atom is -0.492 e. The first kappa shape index (κ1) is 13.6. The van der Waals surface area contributed by atoms with Gasteiger partial charge in [0.05, 0.1) is 16.8 Å². The fourth-order valence-corrected chi connectivity index (χ4v) is 3.01. The molecule has 0 amide bonds. The van der Waals surface area contributed by atoms with Crippen molar-refractivity contribution in [2.45, 2.75) is 6.92 Å². The SMILES string of the molecule is Cc1csc2c(NCCOc3cccc(N)c3)ncnc12. The molecule has 2 heterocycles. The Morgan fingerprint density at radius 2 is 2.24 bits per heavy atom. The van der Waals surface area contributed by atoms with E-state index >= 15 is 0 Å². The zero-order valence-electron chi connectivity index (χ0n) is 11.7. The third-order valence-electron chi connectivity index (χ3n) is 3.05. The number of fused-ring (bicyclic) bond motifs is 1. The van der Waals surface area contributed by atoms with Crippen molar-refractivity contribution < 1.29 is 4.74 Å². The van der Waals surface area contributed by atoms with Gasteiger partial charge in [-0.25, -0.2) is 9.97 Å². The van der Waals surface area contributed by atoms with Crippen LogP contribution in [0.2, 0.25) is 0 Å². The minimum atomic E-state index is 0.541. The molecule has 6 heteroatoms. The van der Waals surface area contributed by atoms with E-state index < -0.39 is 0 Å². The number of hydrogen-bond donors (Lipinski definition) is 2. The molecule has 0 aliphatic carbocycles. The van der Waals surface area contributed by atoms with Crippen LogP contribution in [-0.2, 0) is 0 Å². The summed E-state index contributed by atoms with van der Waals surface area (Å²) >= 11 is 1.65. The van der Waals surface area contributed by atoms with Gasteiger partial charge < -0.3 is 15.8 Å². The van der Waals surface area contributed by atoms with E-state index in [2.05, 4.69) is 27.6 Å². The number of aryl methyl sites for hydroxylation is 1. The zero-order chi connectivity index (χ0) is 14.7. The standard InChI is InChI=1S/C15H16N4OS/c1-10-8-21-14-13(10)18-9-19-15(14)17-5-6-20-12-4-2-3-11(16)7-12/h2-4,7-9H,5-6,16H2,1H3,(H,17,18,19). The van der Waals surface area contributed by atoms with Crippen molar-refractivity contribution in [2.75, 3.05) is 24.2 Å². The molecule has 2 aromatic heterocycles. The molecule has 3 rings (SSSR count). The van der Waals surface area contributed by atoms with E-state index in [1.54, 1.807) is 17.7 Å². The molecular weight excluding hydrogens is 284 g/mol. The molecule has 0 saturated heterocycles. The van der Waals surface area contributed by atoms with Crippen LogP contribution < -0.4 is 15.8 Å². The number of nitrogens with two attached hydrogens (primary N) is 1. The predicted molar refractivity (Wildman–Crippen MR) is 87.0 cm³/mol.